The van der Waals surface area contributed by atoms with Crippen molar-refractivity contribution in [1.82, 2.24) is 9.78 Å². The van der Waals surface area contributed by atoms with Crippen LogP contribution in [-0.4, -0.2) is 26.6 Å². The number of carboxylic acids is 1. The van der Waals surface area contributed by atoms with Gasteiger partial charge < -0.3 is 5.11 Å². The highest BCUT2D eigenvalue weighted by molar-refractivity contribution is 9.10. The summed E-state index contributed by atoms with van der Waals surface area (Å²) >= 11 is 4.80. The van der Waals surface area contributed by atoms with E-state index in [1.165, 1.54) is 11.8 Å². The molecule has 0 bridgehead atoms. The zero-order valence-corrected chi connectivity index (χ0v) is 14.5. The Bertz CT molecular complexity index is 662. The first-order valence-corrected chi connectivity index (χ1v) is 8.27. The zero-order chi connectivity index (χ0) is 15.6. The predicted molar refractivity (Wildman–Crippen MR) is 88.3 cm³/mol. The van der Waals surface area contributed by atoms with Gasteiger partial charge in [0.15, 0.2) is 0 Å². The molecule has 0 unspecified atom stereocenters. The maximum absolute atomic E-state index is 10.8. The lowest BCUT2D eigenvalue weighted by Crippen LogP contribution is -2.12. The van der Waals surface area contributed by atoms with Gasteiger partial charge in [0.05, 0.1) is 17.1 Å². The molecule has 21 heavy (non-hydrogen) atoms. The predicted octanol–water partition coefficient (Wildman–Crippen LogP) is 4.11. The van der Waals surface area contributed by atoms with Gasteiger partial charge in [-0.05, 0) is 34.1 Å². The van der Waals surface area contributed by atoms with Gasteiger partial charge in [0.1, 0.15) is 5.03 Å². The number of hydrogen-bond acceptors (Lipinski definition) is 3. The summed E-state index contributed by atoms with van der Waals surface area (Å²) in [6.07, 6.45) is 0. The number of thioether (sulfide) groups is 1. The van der Waals surface area contributed by atoms with Crippen LogP contribution in [0.5, 0.6) is 0 Å². The Kier molecular flexibility index (Phi) is 4.78. The lowest BCUT2D eigenvalue weighted by atomic mass is 9.93. The summed E-state index contributed by atoms with van der Waals surface area (Å²) in [5, 5.41) is 14.4. The van der Waals surface area contributed by atoms with E-state index in [9.17, 15) is 4.79 Å². The summed E-state index contributed by atoms with van der Waals surface area (Å²) in [4.78, 5) is 10.8. The average molecular weight is 369 g/mol. The van der Waals surface area contributed by atoms with Gasteiger partial charge in [-0.2, -0.15) is 5.10 Å². The minimum atomic E-state index is -0.836. The fourth-order valence-electron chi connectivity index (χ4n) is 1.77. The number of aromatic nitrogens is 2. The third kappa shape index (κ3) is 3.89. The Morgan fingerprint density at radius 3 is 2.62 bits per heavy atom. The third-order valence-corrected chi connectivity index (χ3v) is 4.52. The van der Waals surface area contributed by atoms with Crippen LogP contribution in [0.2, 0.25) is 0 Å². The first-order valence-electron chi connectivity index (χ1n) is 6.49. The molecule has 1 aromatic heterocycles. The van der Waals surface area contributed by atoms with Crippen LogP contribution in [-0.2, 0) is 10.2 Å². The molecule has 2 rings (SSSR count). The topological polar surface area (TPSA) is 55.1 Å². The minimum absolute atomic E-state index is 0.0136. The molecule has 112 valence electrons. The molecule has 1 heterocycles. The Labute approximate surface area is 136 Å². The smallest absolute Gasteiger partial charge is 0.313 e. The molecule has 0 radical (unpaired) electrons. The highest BCUT2D eigenvalue weighted by Crippen LogP contribution is 2.31. The lowest BCUT2D eigenvalue weighted by Gasteiger charge is -2.14. The number of para-hydroxylation sites is 1. The number of nitrogens with zero attached hydrogens (tertiary/aromatic N) is 2. The van der Waals surface area contributed by atoms with Gasteiger partial charge in [-0.1, -0.05) is 44.7 Å². The van der Waals surface area contributed by atoms with Crippen molar-refractivity contribution in [3.05, 3.63) is 40.5 Å². The van der Waals surface area contributed by atoms with Crippen molar-refractivity contribution in [2.45, 2.75) is 31.2 Å². The van der Waals surface area contributed by atoms with Crippen molar-refractivity contribution in [1.29, 1.82) is 0 Å². The molecule has 4 nitrogen and oxygen atoms in total. The average Bonchev–Trinajstić information content (AvgIpc) is 2.80. The maximum Gasteiger partial charge on any atom is 0.313 e. The number of carbonyl (C=O) groups is 1. The van der Waals surface area contributed by atoms with Gasteiger partial charge in [0.2, 0.25) is 0 Å². The van der Waals surface area contributed by atoms with E-state index < -0.39 is 5.97 Å². The van der Waals surface area contributed by atoms with Crippen LogP contribution in [0.15, 0.2) is 39.8 Å². The maximum atomic E-state index is 10.8. The Balaban J connectivity index is 2.49. The molecule has 0 saturated carbocycles. The minimum Gasteiger partial charge on any atom is -0.481 e. The molecular weight excluding hydrogens is 352 g/mol. The molecule has 0 aliphatic rings. The van der Waals surface area contributed by atoms with Crippen molar-refractivity contribution in [2.75, 3.05) is 5.75 Å². The molecule has 1 N–H and O–H groups in total. The van der Waals surface area contributed by atoms with Crippen LogP contribution in [0.25, 0.3) is 5.69 Å². The summed E-state index contributed by atoms with van der Waals surface area (Å²) in [5.41, 5.74) is 1.75. The molecule has 0 aliphatic carbocycles. The van der Waals surface area contributed by atoms with E-state index in [4.69, 9.17) is 5.11 Å². The van der Waals surface area contributed by atoms with Gasteiger partial charge in [0, 0.05) is 9.89 Å². The summed E-state index contributed by atoms with van der Waals surface area (Å²) in [5.74, 6) is -0.822. The number of aliphatic carboxylic acids is 1. The number of benzene rings is 1. The summed E-state index contributed by atoms with van der Waals surface area (Å²) < 4.78 is 2.73. The Hall–Kier alpha value is -1.27. The van der Waals surface area contributed by atoms with Gasteiger partial charge in [-0.3, -0.25) is 4.79 Å². The SMILES string of the molecule is CC(C)(C)c1cc(SCC(=O)O)n(-c2ccccc2Br)n1. The molecule has 0 amide bonds. The van der Waals surface area contributed by atoms with Gasteiger partial charge in [-0.15, -0.1) is 0 Å². The van der Waals surface area contributed by atoms with Gasteiger partial charge >= 0.3 is 5.97 Å². The second-order valence-corrected chi connectivity index (χ2v) is 7.51. The summed E-state index contributed by atoms with van der Waals surface area (Å²) in [6.45, 7) is 6.27. The van der Waals surface area contributed by atoms with Crippen molar-refractivity contribution in [2.24, 2.45) is 0 Å². The molecule has 0 aliphatic heterocycles. The van der Waals surface area contributed by atoms with E-state index in [0.717, 1.165) is 20.9 Å². The van der Waals surface area contributed by atoms with E-state index in [2.05, 4.69) is 41.8 Å². The van der Waals surface area contributed by atoms with Crippen LogP contribution >= 0.6 is 27.7 Å². The summed E-state index contributed by atoms with van der Waals surface area (Å²) in [6, 6.07) is 9.73. The van der Waals surface area contributed by atoms with E-state index in [1.54, 1.807) is 4.68 Å². The van der Waals surface area contributed by atoms with Crippen molar-refractivity contribution in [3.63, 3.8) is 0 Å². The fraction of sp³-hybridized carbons (Fsp3) is 0.333. The standard InChI is InChI=1S/C15H17BrN2O2S/c1-15(2,3)12-8-13(21-9-14(19)20)18(17-12)11-7-5-4-6-10(11)16/h4-8H,9H2,1-3H3,(H,19,20). The van der Waals surface area contributed by atoms with Gasteiger partial charge in [-0.25, -0.2) is 4.68 Å². The van der Waals surface area contributed by atoms with E-state index in [0.29, 0.717) is 0 Å². The highest BCUT2D eigenvalue weighted by Gasteiger charge is 2.21. The molecule has 1 aromatic carbocycles. The molecular formula is C15H17BrN2O2S. The first kappa shape index (κ1) is 16.1. The number of hydrogen-bond donors (Lipinski definition) is 1. The number of carboxylic acid groups (broad SMARTS) is 1. The molecule has 0 atom stereocenters. The van der Waals surface area contributed by atoms with E-state index in [1.807, 2.05) is 30.3 Å². The number of halogens is 1. The monoisotopic (exact) mass is 368 g/mol. The fourth-order valence-corrected chi connectivity index (χ4v) is 2.95. The van der Waals surface area contributed by atoms with Crippen LogP contribution in [0, 0.1) is 0 Å². The quantitative estimate of drug-likeness (QED) is 0.825. The molecule has 2 aromatic rings. The first-order chi connectivity index (χ1) is 9.79. The normalized spacial score (nSPS) is 11.6. The summed E-state index contributed by atoms with van der Waals surface area (Å²) in [7, 11) is 0. The van der Waals surface area contributed by atoms with Crippen molar-refractivity contribution in [3.8, 4) is 5.69 Å². The third-order valence-electron chi connectivity index (χ3n) is 2.87. The second kappa shape index (κ2) is 6.23. The Morgan fingerprint density at radius 1 is 1.38 bits per heavy atom. The van der Waals surface area contributed by atoms with Crippen molar-refractivity contribution < 1.29 is 9.90 Å². The zero-order valence-electron chi connectivity index (χ0n) is 12.1. The largest absolute Gasteiger partial charge is 0.481 e. The van der Waals surface area contributed by atoms with Gasteiger partial charge in [0.25, 0.3) is 0 Å². The second-order valence-electron chi connectivity index (χ2n) is 5.66. The van der Waals surface area contributed by atoms with E-state index >= 15 is 0 Å². The molecule has 0 saturated heterocycles. The lowest BCUT2D eigenvalue weighted by molar-refractivity contribution is -0.133. The van der Waals surface area contributed by atoms with Crippen LogP contribution in [0.1, 0.15) is 26.5 Å². The molecule has 0 fully saturated rings. The van der Waals surface area contributed by atoms with Crippen LogP contribution in [0.4, 0.5) is 0 Å². The molecule has 0 spiro atoms. The highest BCUT2D eigenvalue weighted by atomic mass is 79.9. The molecule has 6 heteroatoms. The number of rotatable bonds is 4. The van der Waals surface area contributed by atoms with Crippen LogP contribution in [0.3, 0.4) is 0 Å². The van der Waals surface area contributed by atoms with Crippen molar-refractivity contribution >= 4 is 33.7 Å². The Morgan fingerprint density at radius 2 is 2.05 bits per heavy atom. The van der Waals surface area contributed by atoms with Crippen LogP contribution < -0.4 is 0 Å². The van der Waals surface area contributed by atoms with E-state index in [-0.39, 0.29) is 11.2 Å².